The molecule has 5 heteroatoms. The van der Waals surface area contributed by atoms with Crippen molar-refractivity contribution in [1.82, 2.24) is 4.57 Å². The van der Waals surface area contributed by atoms with Gasteiger partial charge in [0.2, 0.25) is 0 Å². The number of carboxylic acid groups (broad SMARTS) is 1. The molecule has 4 aromatic rings. The molecule has 158 valence electrons. The number of thiophene rings is 1. The molecule has 1 saturated carbocycles. The minimum absolute atomic E-state index is 0.441. The summed E-state index contributed by atoms with van der Waals surface area (Å²) in [5.41, 5.74) is 6.12. The lowest BCUT2D eigenvalue weighted by Crippen LogP contribution is -2.08. The predicted molar refractivity (Wildman–Crippen MR) is 125 cm³/mol. The van der Waals surface area contributed by atoms with Gasteiger partial charge in [0.25, 0.3) is 0 Å². The summed E-state index contributed by atoms with van der Waals surface area (Å²) in [6, 6.07) is 22.9. The van der Waals surface area contributed by atoms with Gasteiger partial charge in [0.05, 0.1) is 15.9 Å². The Morgan fingerprint density at radius 2 is 1.68 bits per heavy atom. The number of benzene rings is 2. The Bertz CT molecular complexity index is 1190. The molecule has 0 unspecified atom stereocenters. The molecule has 1 aliphatic rings. The van der Waals surface area contributed by atoms with E-state index < -0.39 is 6.16 Å². The maximum atomic E-state index is 11.2. The van der Waals surface area contributed by atoms with Gasteiger partial charge in [0.1, 0.15) is 0 Å². The van der Waals surface area contributed by atoms with Gasteiger partial charge in [-0.1, -0.05) is 91.3 Å². The van der Waals surface area contributed by atoms with Crippen LogP contribution in [0.3, 0.4) is 0 Å². The lowest BCUT2D eigenvalue weighted by molar-refractivity contribution is 0.146. The van der Waals surface area contributed by atoms with Crippen molar-refractivity contribution in [2.45, 2.75) is 44.6 Å². The van der Waals surface area contributed by atoms with Crippen LogP contribution in [0.2, 0.25) is 0 Å². The van der Waals surface area contributed by atoms with E-state index in [4.69, 9.17) is 9.84 Å². The third-order valence-corrected chi connectivity index (χ3v) is 7.22. The highest BCUT2D eigenvalue weighted by molar-refractivity contribution is 7.21. The van der Waals surface area contributed by atoms with Crippen molar-refractivity contribution < 1.29 is 14.6 Å². The van der Waals surface area contributed by atoms with Crippen molar-refractivity contribution in [3.8, 4) is 16.3 Å². The molecule has 0 saturated heterocycles. The van der Waals surface area contributed by atoms with E-state index >= 15 is 0 Å². The molecule has 2 heterocycles. The minimum Gasteiger partial charge on any atom is -0.449 e. The summed E-state index contributed by atoms with van der Waals surface area (Å²) < 4.78 is 8.59. The lowest BCUT2D eigenvalue weighted by Gasteiger charge is -2.23. The van der Waals surface area contributed by atoms with Gasteiger partial charge in [-0.3, -0.25) is 0 Å². The van der Waals surface area contributed by atoms with E-state index in [0.29, 0.717) is 11.0 Å². The molecule has 5 rings (SSSR count). The normalized spacial score (nSPS) is 14.7. The van der Waals surface area contributed by atoms with E-state index in [9.17, 15) is 4.79 Å². The molecule has 0 aliphatic heterocycles. The summed E-state index contributed by atoms with van der Waals surface area (Å²) in [5, 5.41) is 9.60. The summed E-state index contributed by atoms with van der Waals surface area (Å²) in [4.78, 5) is 11.2. The Morgan fingerprint density at radius 3 is 2.35 bits per heavy atom. The third-order valence-electron chi connectivity index (χ3n) is 6.18. The molecule has 2 aromatic carbocycles. The van der Waals surface area contributed by atoms with Crippen LogP contribution in [0.5, 0.6) is 5.06 Å². The highest BCUT2D eigenvalue weighted by Crippen LogP contribution is 2.48. The molecule has 1 aliphatic carbocycles. The second kappa shape index (κ2) is 8.60. The largest absolute Gasteiger partial charge is 0.512 e. The zero-order valence-corrected chi connectivity index (χ0v) is 18.1. The molecule has 0 atom stereocenters. The average Bonchev–Trinajstić information content (AvgIpc) is 3.32. The first-order valence-corrected chi connectivity index (χ1v) is 11.7. The van der Waals surface area contributed by atoms with Gasteiger partial charge in [0, 0.05) is 12.6 Å². The fourth-order valence-electron chi connectivity index (χ4n) is 4.87. The molecular formula is C26H25NO3S. The van der Waals surface area contributed by atoms with Gasteiger partial charge in [0.15, 0.2) is 5.06 Å². The number of hydrogen-bond donors (Lipinski definition) is 1. The van der Waals surface area contributed by atoms with Crippen LogP contribution in [-0.4, -0.2) is 15.8 Å². The van der Waals surface area contributed by atoms with Crippen LogP contribution >= 0.6 is 11.3 Å². The Hall–Kier alpha value is -3.05. The van der Waals surface area contributed by atoms with E-state index in [-0.39, 0.29) is 0 Å². The van der Waals surface area contributed by atoms with Crippen LogP contribution in [-0.2, 0) is 6.54 Å². The van der Waals surface area contributed by atoms with Gasteiger partial charge in [-0.2, -0.15) is 0 Å². The van der Waals surface area contributed by atoms with Crippen LogP contribution in [0.4, 0.5) is 4.79 Å². The van der Waals surface area contributed by atoms with Gasteiger partial charge in [-0.05, 0) is 35.4 Å². The Kier molecular flexibility index (Phi) is 5.51. The lowest BCUT2D eigenvalue weighted by atomic mass is 9.83. The number of aromatic nitrogens is 1. The van der Waals surface area contributed by atoms with E-state index in [2.05, 4.69) is 59.2 Å². The van der Waals surface area contributed by atoms with Gasteiger partial charge >= 0.3 is 6.16 Å². The Morgan fingerprint density at radius 1 is 1.00 bits per heavy atom. The van der Waals surface area contributed by atoms with E-state index in [0.717, 1.165) is 16.8 Å². The summed E-state index contributed by atoms with van der Waals surface area (Å²) >= 11 is 1.46. The first kappa shape index (κ1) is 19.9. The summed E-state index contributed by atoms with van der Waals surface area (Å²) in [6.45, 7) is 0.734. The molecule has 0 radical (unpaired) electrons. The zero-order chi connectivity index (χ0) is 21.2. The maximum absolute atomic E-state index is 11.2. The van der Waals surface area contributed by atoms with Crippen molar-refractivity contribution in [3.63, 3.8) is 0 Å². The molecule has 2 aromatic heterocycles. The first-order valence-electron chi connectivity index (χ1n) is 10.9. The standard InChI is InChI=1S/C26H25NO3S/c28-26(29)30-22-16-21-25(31-22)23(19-12-6-2-7-13-19)24(20-14-8-3-9-15-20)27(21)17-18-10-4-1-5-11-18/h1,3-5,8-11,14-16,19H,2,6-7,12-13,17H2,(H,28,29). The van der Waals surface area contributed by atoms with E-state index in [1.54, 1.807) is 0 Å². The Labute approximate surface area is 185 Å². The molecule has 31 heavy (non-hydrogen) atoms. The van der Waals surface area contributed by atoms with Gasteiger partial charge in [-0.15, -0.1) is 0 Å². The average molecular weight is 432 g/mol. The number of fused-ring (bicyclic) bond motifs is 1. The summed E-state index contributed by atoms with van der Waals surface area (Å²) in [6.07, 6.45) is 4.88. The monoisotopic (exact) mass is 431 g/mol. The smallest absolute Gasteiger partial charge is 0.449 e. The van der Waals surface area contributed by atoms with Crippen molar-refractivity contribution in [2.75, 3.05) is 0 Å². The van der Waals surface area contributed by atoms with Crippen molar-refractivity contribution in [2.24, 2.45) is 0 Å². The van der Waals surface area contributed by atoms with Gasteiger partial charge < -0.3 is 14.4 Å². The fraction of sp³-hybridized carbons (Fsp3) is 0.269. The quantitative estimate of drug-likeness (QED) is 0.332. The van der Waals surface area contributed by atoms with Crippen LogP contribution in [0.1, 0.15) is 49.1 Å². The third kappa shape index (κ3) is 3.98. The predicted octanol–water partition coefficient (Wildman–Crippen LogP) is 7.52. The SMILES string of the molecule is O=C(O)Oc1cc2c(s1)c(C1CCCCC1)c(-c1ccccc1)n2Cc1ccccc1. The van der Waals surface area contributed by atoms with Crippen molar-refractivity contribution in [3.05, 3.63) is 77.9 Å². The van der Waals surface area contributed by atoms with Crippen LogP contribution in [0.25, 0.3) is 21.5 Å². The van der Waals surface area contributed by atoms with Crippen LogP contribution in [0.15, 0.2) is 66.7 Å². The molecule has 0 bridgehead atoms. The number of nitrogens with zero attached hydrogens (tertiary/aromatic N) is 1. The number of hydrogen-bond acceptors (Lipinski definition) is 3. The van der Waals surface area contributed by atoms with E-state index in [1.807, 2.05) is 12.1 Å². The topological polar surface area (TPSA) is 51.5 Å². The van der Waals surface area contributed by atoms with Crippen molar-refractivity contribution >= 4 is 27.7 Å². The highest BCUT2D eigenvalue weighted by atomic mass is 32.1. The molecule has 1 fully saturated rings. The molecular weight excluding hydrogens is 406 g/mol. The molecule has 1 N–H and O–H groups in total. The van der Waals surface area contributed by atoms with Crippen molar-refractivity contribution in [1.29, 1.82) is 0 Å². The number of carbonyl (C=O) groups is 1. The highest BCUT2D eigenvalue weighted by Gasteiger charge is 2.28. The van der Waals surface area contributed by atoms with Crippen LogP contribution < -0.4 is 4.74 Å². The minimum atomic E-state index is -1.26. The summed E-state index contributed by atoms with van der Waals surface area (Å²) in [5.74, 6) is 0.486. The zero-order valence-electron chi connectivity index (χ0n) is 17.3. The Balaban J connectivity index is 1.75. The van der Waals surface area contributed by atoms with Gasteiger partial charge in [-0.25, -0.2) is 4.79 Å². The number of rotatable bonds is 5. The van der Waals surface area contributed by atoms with E-state index in [1.165, 1.54) is 65.8 Å². The number of ether oxygens (including phenoxy) is 1. The molecule has 0 spiro atoms. The van der Waals surface area contributed by atoms with Crippen LogP contribution in [0, 0.1) is 0 Å². The second-order valence-corrected chi connectivity index (χ2v) is 9.20. The second-order valence-electron chi connectivity index (χ2n) is 8.18. The summed E-state index contributed by atoms with van der Waals surface area (Å²) in [7, 11) is 0. The fourth-order valence-corrected chi connectivity index (χ4v) is 6.00. The first-order chi connectivity index (χ1) is 15.2. The molecule has 4 nitrogen and oxygen atoms in total. The molecule has 0 amide bonds. The maximum Gasteiger partial charge on any atom is 0.512 e.